The van der Waals surface area contributed by atoms with Crippen molar-refractivity contribution < 1.29 is 9.53 Å². The van der Waals surface area contributed by atoms with E-state index in [0.29, 0.717) is 0 Å². The Morgan fingerprint density at radius 2 is 1.89 bits per heavy atom. The lowest BCUT2D eigenvalue weighted by atomic mass is 9.83. The summed E-state index contributed by atoms with van der Waals surface area (Å²) in [6.45, 7) is 5.73. The second kappa shape index (κ2) is 7.29. The molecule has 0 aliphatic carbocycles. The molecule has 19 heavy (non-hydrogen) atoms. The van der Waals surface area contributed by atoms with Crippen LogP contribution in [0.25, 0.3) is 0 Å². The highest BCUT2D eigenvalue weighted by atomic mass is 16.5. The minimum Gasteiger partial charge on any atom is -0.496 e. The van der Waals surface area contributed by atoms with E-state index in [0.717, 1.165) is 43.5 Å². The molecule has 0 saturated carbocycles. The SMILES string of the molecule is CCC(C=O)(CC)CN(C)Cc1ccccc1OC. The maximum Gasteiger partial charge on any atom is 0.127 e. The molecule has 3 nitrogen and oxygen atoms in total. The third kappa shape index (κ3) is 4.06. The van der Waals surface area contributed by atoms with Gasteiger partial charge in [-0.15, -0.1) is 0 Å². The molecule has 0 amide bonds. The van der Waals surface area contributed by atoms with E-state index in [2.05, 4.69) is 31.9 Å². The van der Waals surface area contributed by atoms with Crippen molar-refractivity contribution in [2.45, 2.75) is 33.2 Å². The standard InChI is InChI=1S/C16H25NO2/c1-5-16(6-2,13-18)12-17(3)11-14-9-7-8-10-15(14)19-4/h7-10,13H,5-6,11-12H2,1-4H3. The van der Waals surface area contributed by atoms with Gasteiger partial charge in [-0.05, 0) is 26.0 Å². The number of ether oxygens (including phenoxy) is 1. The van der Waals surface area contributed by atoms with E-state index in [9.17, 15) is 4.79 Å². The summed E-state index contributed by atoms with van der Waals surface area (Å²) in [4.78, 5) is 13.5. The molecule has 0 fully saturated rings. The van der Waals surface area contributed by atoms with Gasteiger partial charge < -0.3 is 14.4 Å². The van der Waals surface area contributed by atoms with Crippen molar-refractivity contribution in [2.24, 2.45) is 5.41 Å². The topological polar surface area (TPSA) is 29.5 Å². The van der Waals surface area contributed by atoms with Crippen LogP contribution in [0.3, 0.4) is 0 Å². The first-order valence-electron chi connectivity index (χ1n) is 6.87. The van der Waals surface area contributed by atoms with Crippen LogP contribution in [0.15, 0.2) is 24.3 Å². The van der Waals surface area contributed by atoms with Gasteiger partial charge in [0, 0.05) is 24.1 Å². The summed E-state index contributed by atoms with van der Waals surface area (Å²) < 4.78 is 5.36. The molecule has 1 aromatic carbocycles. The minimum atomic E-state index is -0.225. The number of nitrogens with zero attached hydrogens (tertiary/aromatic N) is 1. The first-order chi connectivity index (χ1) is 9.10. The lowest BCUT2D eigenvalue weighted by molar-refractivity contribution is -0.117. The van der Waals surface area contributed by atoms with Crippen LogP contribution in [-0.4, -0.2) is 31.9 Å². The van der Waals surface area contributed by atoms with Crippen LogP contribution >= 0.6 is 0 Å². The van der Waals surface area contributed by atoms with Crippen LogP contribution in [0.1, 0.15) is 32.3 Å². The van der Waals surface area contributed by atoms with Crippen molar-refractivity contribution in [3.63, 3.8) is 0 Å². The monoisotopic (exact) mass is 263 g/mol. The van der Waals surface area contributed by atoms with Gasteiger partial charge in [0.1, 0.15) is 12.0 Å². The molecule has 0 spiro atoms. The van der Waals surface area contributed by atoms with Gasteiger partial charge in [-0.2, -0.15) is 0 Å². The average molecular weight is 263 g/mol. The predicted octanol–water partition coefficient (Wildman–Crippen LogP) is 3.13. The maximum atomic E-state index is 11.3. The average Bonchev–Trinajstić information content (AvgIpc) is 2.45. The predicted molar refractivity (Wildman–Crippen MR) is 78.4 cm³/mol. The number of rotatable bonds is 8. The van der Waals surface area contributed by atoms with Crippen molar-refractivity contribution in [1.29, 1.82) is 0 Å². The van der Waals surface area contributed by atoms with Gasteiger partial charge in [-0.3, -0.25) is 0 Å². The number of carbonyl (C=O) groups is 1. The van der Waals surface area contributed by atoms with E-state index in [-0.39, 0.29) is 5.41 Å². The van der Waals surface area contributed by atoms with Gasteiger partial charge in [0.05, 0.1) is 7.11 Å². The largest absolute Gasteiger partial charge is 0.496 e. The van der Waals surface area contributed by atoms with Gasteiger partial charge in [0.2, 0.25) is 0 Å². The summed E-state index contributed by atoms with van der Waals surface area (Å²) in [6, 6.07) is 8.01. The van der Waals surface area contributed by atoms with Crippen molar-refractivity contribution >= 4 is 6.29 Å². The third-order valence-electron chi connectivity index (χ3n) is 3.88. The zero-order valence-electron chi connectivity index (χ0n) is 12.5. The molecule has 0 aliphatic rings. The Labute approximate surface area is 116 Å². The lowest BCUT2D eigenvalue weighted by Gasteiger charge is -2.30. The van der Waals surface area contributed by atoms with Crippen LogP contribution in [0.5, 0.6) is 5.75 Å². The second-order valence-corrected chi connectivity index (χ2v) is 5.17. The van der Waals surface area contributed by atoms with Gasteiger partial charge >= 0.3 is 0 Å². The highest BCUT2D eigenvalue weighted by Crippen LogP contribution is 2.26. The first-order valence-corrected chi connectivity index (χ1v) is 6.87. The van der Waals surface area contributed by atoms with Crippen molar-refractivity contribution in [2.75, 3.05) is 20.7 Å². The Morgan fingerprint density at radius 3 is 2.42 bits per heavy atom. The zero-order chi connectivity index (χ0) is 14.3. The quantitative estimate of drug-likeness (QED) is 0.675. The summed E-state index contributed by atoms with van der Waals surface area (Å²) >= 11 is 0. The number of carbonyl (C=O) groups excluding carboxylic acids is 1. The Morgan fingerprint density at radius 1 is 1.26 bits per heavy atom. The fourth-order valence-corrected chi connectivity index (χ4v) is 2.40. The van der Waals surface area contributed by atoms with E-state index in [1.165, 1.54) is 0 Å². The fraction of sp³-hybridized carbons (Fsp3) is 0.562. The van der Waals surface area contributed by atoms with E-state index >= 15 is 0 Å². The Kier molecular flexibility index (Phi) is 6.03. The number of benzene rings is 1. The first kappa shape index (κ1) is 15.7. The maximum absolute atomic E-state index is 11.3. The smallest absolute Gasteiger partial charge is 0.127 e. The molecule has 0 aliphatic heterocycles. The number of hydrogen-bond donors (Lipinski definition) is 0. The third-order valence-corrected chi connectivity index (χ3v) is 3.88. The summed E-state index contributed by atoms with van der Waals surface area (Å²) in [5.41, 5.74) is 0.927. The second-order valence-electron chi connectivity index (χ2n) is 5.17. The molecular formula is C16H25NO2. The molecule has 0 radical (unpaired) electrons. The van der Waals surface area contributed by atoms with Crippen LogP contribution in [0, 0.1) is 5.41 Å². The van der Waals surface area contributed by atoms with E-state index in [1.807, 2.05) is 18.2 Å². The lowest BCUT2D eigenvalue weighted by Crippen LogP contribution is -2.35. The highest BCUT2D eigenvalue weighted by Gasteiger charge is 2.27. The van der Waals surface area contributed by atoms with Crippen molar-refractivity contribution in [3.8, 4) is 5.75 Å². The van der Waals surface area contributed by atoms with Crippen LogP contribution in [0.4, 0.5) is 0 Å². The van der Waals surface area contributed by atoms with E-state index in [1.54, 1.807) is 7.11 Å². The molecular weight excluding hydrogens is 238 g/mol. The number of hydrogen-bond acceptors (Lipinski definition) is 3. The van der Waals surface area contributed by atoms with Crippen LogP contribution < -0.4 is 4.74 Å². The normalized spacial score (nSPS) is 11.6. The Balaban J connectivity index is 2.74. The summed E-state index contributed by atoms with van der Waals surface area (Å²) in [5, 5.41) is 0. The molecule has 0 bridgehead atoms. The molecule has 1 aromatic rings. The minimum absolute atomic E-state index is 0.225. The molecule has 0 N–H and O–H groups in total. The molecule has 3 heteroatoms. The molecule has 106 valence electrons. The van der Waals surface area contributed by atoms with Gasteiger partial charge in [-0.25, -0.2) is 0 Å². The Bertz CT molecular complexity index is 399. The van der Waals surface area contributed by atoms with Crippen LogP contribution in [-0.2, 0) is 11.3 Å². The fourth-order valence-electron chi connectivity index (χ4n) is 2.40. The summed E-state index contributed by atoms with van der Waals surface area (Å²) in [6.07, 6.45) is 2.87. The van der Waals surface area contributed by atoms with Crippen molar-refractivity contribution in [3.05, 3.63) is 29.8 Å². The summed E-state index contributed by atoms with van der Waals surface area (Å²) in [5.74, 6) is 0.902. The molecule has 0 heterocycles. The molecule has 0 atom stereocenters. The van der Waals surface area contributed by atoms with Crippen molar-refractivity contribution in [1.82, 2.24) is 4.90 Å². The molecule has 0 unspecified atom stereocenters. The molecule has 0 aromatic heterocycles. The highest BCUT2D eigenvalue weighted by molar-refractivity contribution is 5.59. The van der Waals surface area contributed by atoms with E-state index < -0.39 is 0 Å². The molecule has 1 rings (SSSR count). The number of para-hydroxylation sites is 1. The van der Waals surface area contributed by atoms with Crippen LogP contribution in [0.2, 0.25) is 0 Å². The number of aldehydes is 1. The number of methoxy groups -OCH3 is 1. The van der Waals surface area contributed by atoms with Gasteiger partial charge in [0.15, 0.2) is 0 Å². The van der Waals surface area contributed by atoms with Gasteiger partial charge in [-0.1, -0.05) is 32.0 Å². The van der Waals surface area contributed by atoms with Gasteiger partial charge in [0.25, 0.3) is 0 Å². The zero-order valence-corrected chi connectivity index (χ0v) is 12.5. The van der Waals surface area contributed by atoms with E-state index in [4.69, 9.17) is 4.74 Å². The Hall–Kier alpha value is -1.35. The summed E-state index contributed by atoms with van der Waals surface area (Å²) in [7, 11) is 3.74. The molecule has 0 saturated heterocycles.